The molecule has 0 unspecified atom stereocenters. The Labute approximate surface area is 191 Å². The van der Waals surface area contributed by atoms with Crippen LogP contribution < -0.4 is 10.0 Å². The second-order valence-corrected chi connectivity index (χ2v) is 9.68. The van der Waals surface area contributed by atoms with E-state index in [1.54, 1.807) is 43.0 Å². The highest BCUT2D eigenvalue weighted by molar-refractivity contribution is 7.89. The van der Waals surface area contributed by atoms with Crippen molar-refractivity contribution in [2.75, 3.05) is 31.6 Å². The zero-order valence-electron chi connectivity index (χ0n) is 18.3. The summed E-state index contributed by atoms with van der Waals surface area (Å²) in [5, 5.41) is 3.38. The molecule has 33 heavy (non-hydrogen) atoms. The Hall–Kier alpha value is -3.21. The number of fused-ring (bicyclic) bond motifs is 1. The van der Waals surface area contributed by atoms with Crippen LogP contribution in [-0.2, 0) is 14.8 Å². The number of hydrogen-bond donors (Lipinski definition) is 2. The molecule has 1 fully saturated rings. The number of anilines is 1. The topological polar surface area (TPSA) is 118 Å². The van der Waals surface area contributed by atoms with Gasteiger partial charge in [-0.3, -0.25) is 9.59 Å². The summed E-state index contributed by atoms with van der Waals surface area (Å²) < 4.78 is 38.3. The molecule has 4 rings (SSSR count). The predicted octanol–water partition coefficient (Wildman–Crippen LogP) is 2.84. The highest BCUT2D eigenvalue weighted by Crippen LogP contribution is 2.32. The van der Waals surface area contributed by atoms with Gasteiger partial charge in [0.1, 0.15) is 11.3 Å². The minimum Gasteiger partial charge on any atom is -0.449 e. The van der Waals surface area contributed by atoms with Gasteiger partial charge < -0.3 is 19.4 Å². The Morgan fingerprint density at radius 2 is 1.67 bits per heavy atom. The summed E-state index contributed by atoms with van der Waals surface area (Å²) in [4.78, 5) is 27.8. The monoisotopic (exact) mass is 471 g/mol. The molecule has 1 aromatic heterocycles. The van der Waals surface area contributed by atoms with Crippen molar-refractivity contribution in [2.45, 2.75) is 24.8 Å². The molecule has 2 aromatic carbocycles. The molecular weight excluding hydrogens is 446 g/mol. The Bertz CT molecular complexity index is 1280. The predicted molar refractivity (Wildman–Crippen MR) is 123 cm³/mol. The number of para-hydroxylation sites is 1. The molecule has 1 saturated heterocycles. The largest absolute Gasteiger partial charge is 0.449 e. The first-order valence-electron chi connectivity index (χ1n) is 10.6. The van der Waals surface area contributed by atoms with E-state index < -0.39 is 15.9 Å². The van der Waals surface area contributed by atoms with Crippen molar-refractivity contribution in [3.8, 4) is 0 Å². The Morgan fingerprint density at radius 3 is 2.33 bits per heavy atom. The van der Waals surface area contributed by atoms with Crippen LogP contribution in [0.1, 0.15) is 34.8 Å². The summed E-state index contributed by atoms with van der Waals surface area (Å²) in [5.41, 5.74) is 1.00. The second kappa shape index (κ2) is 9.34. The van der Waals surface area contributed by atoms with Gasteiger partial charge in [0, 0.05) is 30.1 Å². The van der Waals surface area contributed by atoms with Crippen molar-refractivity contribution in [1.82, 2.24) is 9.62 Å². The lowest BCUT2D eigenvalue weighted by atomic mass is 10.1. The summed E-state index contributed by atoms with van der Waals surface area (Å²) in [6.45, 7) is 5.20. The third-order valence-electron chi connectivity index (χ3n) is 5.14. The summed E-state index contributed by atoms with van der Waals surface area (Å²) in [7, 11) is -3.67. The molecule has 1 aliphatic heterocycles. The van der Waals surface area contributed by atoms with Crippen molar-refractivity contribution in [1.29, 1.82) is 0 Å². The van der Waals surface area contributed by atoms with Gasteiger partial charge in [-0.2, -0.15) is 0 Å². The fourth-order valence-corrected chi connectivity index (χ4v) is 4.83. The summed E-state index contributed by atoms with van der Waals surface area (Å²) >= 11 is 0. The molecule has 2 amide bonds. The number of carbonyl (C=O) groups excluding carboxylic acids is 2. The zero-order valence-corrected chi connectivity index (χ0v) is 19.1. The van der Waals surface area contributed by atoms with Crippen molar-refractivity contribution in [2.24, 2.45) is 0 Å². The molecule has 9 nitrogen and oxygen atoms in total. The third-order valence-corrected chi connectivity index (χ3v) is 6.82. The van der Waals surface area contributed by atoms with Gasteiger partial charge in [0.05, 0.1) is 18.1 Å². The van der Waals surface area contributed by atoms with Gasteiger partial charge in [0.25, 0.3) is 11.8 Å². The highest BCUT2D eigenvalue weighted by Gasteiger charge is 2.28. The number of ether oxygens (including phenoxy) is 1. The van der Waals surface area contributed by atoms with Crippen molar-refractivity contribution < 1.29 is 27.2 Å². The molecule has 0 atom stereocenters. The zero-order chi connectivity index (χ0) is 23.6. The van der Waals surface area contributed by atoms with E-state index in [0.29, 0.717) is 37.3 Å². The van der Waals surface area contributed by atoms with E-state index in [0.717, 1.165) is 0 Å². The summed E-state index contributed by atoms with van der Waals surface area (Å²) in [5.74, 6) is -0.767. The molecule has 1 aliphatic rings. The Kier molecular flexibility index (Phi) is 6.50. The number of nitrogens with zero attached hydrogens (tertiary/aromatic N) is 1. The molecule has 0 spiro atoms. The van der Waals surface area contributed by atoms with E-state index in [1.165, 1.54) is 24.3 Å². The molecule has 3 aromatic rings. The van der Waals surface area contributed by atoms with Crippen LogP contribution in [0.3, 0.4) is 0 Å². The van der Waals surface area contributed by atoms with Crippen LogP contribution in [0.4, 0.5) is 5.69 Å². The van der Waals surface area contributed by atoms with Crippen LogP contribution in [0.15, 0.2) is 57.8 Å². The number of hydrogen-bond acceptors (Lipinski definition) is 6. The molecule has 10 heteroatoms. The van der Waals surface area contributed by atoms with E-state index in [1.807, 2.05) is 0 Å². The molecule has 0 radical (unpaired) electrons. The van der Waals surface area contributed by atoms with E-state index in [2.05, 4.69) is 10.0 Å². The number of carbonyl (C=O) groups is 2. The quantitative estimate of drug-likeness (QED) is 0.571. The minimum absolute atomic E-state index is 0.0479. The van der Waals surface area contributed by atoms with Gasteiger partial charge in [-0.05, 0) is 50.2 Å². The second-order valence-electron chi connectivity index (χ2n) is 7.96. The molecule has 174 valence electrons. The number of amides is 2. The van der Waals surface area contributed by atoms with E-state index >= 15 is 0 Å². The van der Waals surface area contributed by atoms with Crippen molar-refractivity contribution in [3.63, 3.8) is 0 Å². The maximum absolute atomic E-state index is 13.1. The Morgan fingerprint density at radius 1 is 1.00 bits per heavy atom. The van der Waals surface area contributed by atoms with Gasteiger partial charge in [-0.15, -0.1) is 0 Å². The van der Waals surface area contributed by atoms with Crippen LogP contribution in [0, 0.1) is 0 Å². The van der Waals surface area contributed by atoms with Crippen LogP contribution >= 0.6 is 0 Å². The van der Waals surface area contributed by atoms with Gasteiger partial charge in [-0.25, -0.2) is 13.1 Å². The third kappa shape index (κ3) is 4.92. The molecule has 0 bridgehead atoms. The smallest absolute Gasteiger partial charge is 0.291 e. The highest BCUT2D eigenvalue weighted by atomic mass is 32.2. The summed E-state index contributed by atoms with van der Waals surface area (Å²) in [6, 6.07) is 12.4. The van der Waals surface area contributed by atoms with Gasteiger partial charge in [0.2, 0.25) is 15.8 Å². The van der Waals surface area contributed by atoms with Crippen LogP contribution in [0.2, 0.25) is 0 Å². The molecule has 2 heterocycles. The fourth-order valence-electron chi connectivity index (χ4n) is 3.58. The van der Waals surface area contributed by atoms with Crippen LogP contribution in [0.5, 0.6) is 0 Å². The van der Waals surface area contributed by atoms with E-state index in [-0.39, 0.29) is 33.9 Å². The average molecular weight is 472 g/mol. The van der Waals surface area contributed by atoms with Crippen molar-refractivity contribution >= 4 is 38.5 Å². The Balaban J connectivity index is 1.62. The maximum atomic E-state index is 13.1. The molecule has 2 N–H and O–H groups in total. The number of rotatable bonds is 6. The van der Waals surface area contributed by atoms with Crippen LogP contribution in [0.25, 0.3) is 11.0 Å². The van der Waals surface area contributed by atoms with Gasteiger partial charge in [0.15, 0.2) is 0 Å². The number of sulfonamides is 1. The number of morpholine rings is 1. The number of nitrogens with one attached hydrogen (secondary N) is 2. The first-order chi connectivity index (χ1) is 15.8. The number of furan rings is 1. The SMILES string of the molecule is CC(C)NS(=O)(=O)c1ccc(C(=O)Nc2c(C(=O)N3CCOCC3)oc3ccccc23)cc1. The van der Waals surface area contributed by atoms with Crippen LogP contribution in [-0.4, -0.2) is 57.5 Å². The normalized spacial score (nSPS) is 14.6. The summed E-state index contributed by atoms with van der Waals surface area (Å²) in [6.07, 6.45) is 0. The van der Waals surface area contributed by atoms with Crippen molar-refractivity contribution in [3.05, 3.63) is 59.9 Å². The fraction of sp³-hybridized carbons (Fsp3) is 0.304. The first-order valence-corrected chi connectivity index (χ1v) is 12.1. The lowest BCUT2D eigenvalue weighted by molar-refractivity contribution is 0.0285. The standard InChI is InChI=1S/C23H25N3O6S/c1-15(2)25-33(29,30)17-9-7-16(8-10-17)22(27)24-20-18-5-3-4-6-19(18)32-21(20)23(28)26-11-13-31-14-12-26/h3-10,15,25H,11-14H2,1-2H3,(H,24,27). The lowest BCUT2D eigenvalue weighted by Crippen LogP contribution is -2.40. The minimum atomic E-state index is -3.67. The average Bonchev–Trinajstić information content (AvgIpc) is 3.17. The maximum Gasteiger partial charge on any atom is 0.291 e. The van der Waals surface area contributed by atoms with E-state index in [9.17, 15) is 18.0 Å². The van der Waals surface area contributed by atoms with E-state index in [4.69, 9.17) is 9.15 Å². The van der Waals surface area contributed by atoms with Gasteiger partial charge >= 0.3 is 0 Å². The molecular formula is C23H25N3O6S. The molecule has 0 saturated carbocycles. The lowest BCUT2D eigenvalue weighted by Gasteiger charge is -2.26. The molecule has 0 aliphatic carbocycles. The van der Waals surface area contributed by atoms with Gasteiger partial charge in [-0.1, -0.05) is 12.1 Å². The number of benzene rings is 2. The first kappa shape index (κ1) is 23.0.